The molecular weight excluding hydrogens is 270 g/mol. The van der Waals surface area contributed by atoms with Gasteiger partial charge in [-0.1, -0.05) is 15.9 Å². The monoisotopic (exact) mass is 285 g/mol. The highest BCUT2D eigenvalue weighted by Gasteiger charge is 2.08. The topological polar surface area (TPSA) is 49.3 Å². The number of nitrogens with one attached hydrogen (secondary N) is 1. The summed E-state index contributed by atoms with van der Waals surface area (Å²) in [4.78, 5) is 11.7. The van der Waals surface area contributed by atoms with Gasteiger partial charge in [0.2, 0.25) is 0 Å². The molecular formula is C12H16BrNO2. The van der Waals surface area contributed by atoms with Gasteiger partial charge >= 0.3 is 0 Å². The summed E-state index contributed by atoms with van der Waals surface area (Å²) >= 11 is 3.32. The maximum absolute atomic E-state index is 11.7. The first-order chi connectivity index (χ1) is 7.63. The molecule has 2 N–H and O–H groups in total. The summed E-state index contributed by atoms with van der Waals surface area (Å²) in [6.45, 7) is 2.10. The van der Waals surface area contributed by atoms with Crippen LogP contribution >= 0.6 is 15.9 Å². The summed E-state index contributed by atoms with van der Waals surface area (Å²) in [5.41, 5.74) is 0.652. The van der Waals surface area contributed by atoms with Crippen LogP contribution in [0.3, 0.4) is 0 Å². The van der Waals surface area contributed by atoms with Crippen molar-refractivity contribution in [3.63, 3.8) is 0 Å². The smallest absolute Gasteiger partial charge is 0.251 e. The van der Waals surface area contributed by atoms with Gasteiger partial charge < -0.3 is 10.4 Å². The molecule has 1 unspecified atom stereocenters. The molecule has 1 rings (SSSR count). The van der Waals surface area contributed by atoms with Crippen molar-refractivity contribution in [1.29, 1.82) is 0 Å². The van der Waals surface area contributed by atoms with E-state index in [1.807, 2.05) is 19.1 Å². The number of carbonyl (C=O) groups excluding carboxylic acids is 1. The van der Waals surface area contributed by atoms with Crippen molar-refractivity contribution in [2.75, 3.05) is 6.61 Å². The summed E-state index contributed by atoms with van der Waals surface area (Å²) in [6, 6.07) is 7.32. The molecule has 16 heavy (non-hydrogen) atoms. The van der Waals surface area contributed by atoms with Crippen molar-refractivity contribution in [3.8, 4) is 0 Å². The number of hydrogen-bond acceptors (Lipinski definition) is 2. The van der Waals surface area contributed by atoms with Gasteiger partial charge in [0.1, 0.15) is 0 Å². The Bertz CT molecular complexity index is 337. The molecule has 1 aromatic rings. The van der Waals surface area contributed by atoms with Crippen LogP contribution in [0, 0.1) is 0 Å². The molecule has 1 atom stereocenters. The van der Waals surface area contributed by atoms with Crippen molar-refractivity contribution >= 4 is 21.8 Å². The highest BCUT2D eigenvalue weighted by Crippen LogP contribution is 2.10. The van der Waals surface area contributed by atoms with E-state index in [0.29, 0.717) is 12.0 Å². The van der Waals surface area contributed by atoms with E-state index in [1.54, 1.807) is 12.1 Å². The van der Waals surface area contributed by atoms with Gasteiger partial charge in [0, 0.05) is 22.7 Å². The fraction of sp³-hybridized carbons (Fsp3) is 0.417. The molecule has 0 saturated heterocycles. The van der Waals surface area contributed by atoms with Gasteiger partial charge in [0.05, 0.1) is 0 Å². The normalized spacial score (nSPS) is 12.2. The summed E-state index contributed by atoms with van der Waals surface area (Å²) in [7, 11) is 0. The van der Waals surface area contributed by atoms with Crippen LogP contribution in [0.25, 0.3) is 0 Å². The third-order valence-electron chi connectivity index (χ3n) is 2.28. The minimum absolute atomic E-state index is 0.0714. The van der Waals surface area contributed by atoms with Crippen LogP contribution < -0.4 is 5.32 Å². The number of amides is 1. The highest BCUT2D eigenvalue weighted by atomic mass is 79.9. The predicted molar refractivity (Wildman–Crippen MR) is 67.4 cm³/mol. The number of hydrogen-bond donors (Lipinski definition) is 2. The Morgan fingerprint density at radius 2 is 2.06 bits per heavy atom. The Morgan fingerprint density at radius 1 is 1.44 bits per heavy atom. The third kappa shape index (κ3) is 4.33. The lowest BCUT2D eigenvalue weighted by Crippen LogP contribution is -2.32. The zero-order valence-corrected chi connectivity index (χ0v) is 10.8. The number of aliphatic hydroxyl groups is 1. The first kappa shape index (κ1) is 13.2. The molecule has 4 heteroatoms. The molecule has 0 aromatic heterocycles. The van der Waals surface area contributed by atoms with E-state index in [-0.39, 0.29) is 18.6 Å². The van der Waals surface area contributed by atoms with E-state index in [4.69, 9.17) is 5.11 Å². The summed E-state index contributed by atoms with van der Waals surface area (Å²) < 4.78 is 0.956. The molecule has 0 spiro atoms. The minimum atomic E-state index is -0.0714. The number of aliphatic hydroxyl groups excluding tert-OH is 1. The summed E-state index contributed by atoms with van der Waals surface area (Å²) in [6.07, 6.45) is 1.50. The second-order valence-electron chi connectivity index (χ2n) is 3.75. The van der Waals surface area contributed by atoms with Crippen molar-refractivity contribution in [2.24, 2.45) is 0 Å². The quantitative estimate of drug-likeness (QED) is 0.873. The standard InChI is InChI=1S/C12H16BrNO2/c1-9(3-2-8-15)14-12(16)10-4-6-11(13)7-5-10/h4-7,9,15H,2-3,8H2,1H3,(H,14,16). The molecule has 0 saturated carbocycles. The largest absolute Gasteiger partial charge is 0.396 e. The molecule has 0 radical (unpaired) electrons. The van der Waals surface area contributed by atoms with Gasteiger partial charge in [-0.3, -0.25) is 4.79 Å². The number of carbonyl (C=O) groups is 1. The molecule has 0 fully saturated rings. The molecule has 1 aromatic carbocycles. The van der Waals surface area contributed by atoms with Gasteiger partial charge in [0.15, 0.2) is 0 Å². The van der Waals surface area contributed by atoms with Gasteiger partial charge in [-0.25, -0.2) is 0 Å². The molecule has 0 heterocycles. The molecule has 0 aliphatic carbocycles. The maximum Gasteiger partial charge on any atom is 0.251 e. The van der Waals surface area contributed by atoms with Crippen LogP contribution in [-0.2, 0) is 0 Å². The van der Waals surface area contributed by atoms with Gasteiger partial charge in [-0.05, 0) is 44.0 Å². The zero-order valence-electron chi connectivity index (χ0n) is 9.24. The first-order valence-electron chi connectivity index (χ1n) is 5.30. The molecule has 0 aliphatic heterocycles. The van der Waals surface area contributed by atoms with E-state index in [0.717, 1.165) is 10.9 Å². The minimum Gasteiger partial charge on any atom is -0.396 e. The molecule has 3 nitrogen and oxygen atoms in total. The van der Waals surface area contributed by atoms with Crippen LogP contribution in [-0.4, -0.2) is 23.7 Å². The van der Waals surface area contributed by atoms with Crippen molar-refractivity contribution in [3.05, 3.63) is 34.3 Å². The molecule has 0 bridgehead atoms. The average Bonchev–Trinajstić information content (AvgIpc) is 2.27. The Kier molecular flexibility index (Phi) is 5.49. The lowest BCUT2D eigenvalue weighted by molar-refractivity contribution is 0.0936. The molecule has 88 valence electrons. The van der Waals surface area contributed by atoms with Crippen LogP contribution in [0.5, 0.6) is 0 Å². The average molecular weight is 286 g/mol. The van der Waals surface area contributed by atoms with Crippen LogP contribution in [0.4, 0.5) is 0 Å². The lowest BCUT2D eigenvalue weighted by Gasteiger charge is -2.13. The second kappa shape index (κ2) is 6.66. The Balaban J connectivity index is 2.48. The second-order valence-corrected chi connectivity index (χ2v) is 4.66. The van der Waals surface area contributed by atoms with Crippen molar-refractivity contribution in [1.82, 2.24) is 5.32 Å². The maximum atomic E-state index is 11.7. The van der Waals surface area contributed by atoms with Crippen LogP contribution in [0.15, 0.2) is 28.7 Å². The van der Waals surface area contributed by atoms with E-state index < -0.39 is 0 Å². The predicted octanol–water partition coefficient (Wildman–Crippen LogP) is 2.34. The summed E-state index contributed by atoms with van der Waals surface area (Å²) in [5.74, 6) is -0.0714. The van der Waals surface area contributed by atoms with E-state index >= 15 is 0 Å². The number of rotatable bonds is 5. The fourth-order valence-corrected chi connectivity index (χ4v) is 1.64. The fourth-order valence-electron chi connectivity index (χ4n) is 1.38. The first-order valence-corrected chi connectivity index (χ1v) is 6.10. The van der Waals surface area contributed by atoms with Crippen molar-refractivity contribution < 1.29 is 9.90 Å². The summed E-state index contributed by atoms with van der Waals surface area (Å²) in [5, 5.41) is 11.6. The van der Waals surface area contributed by atoms with Crippen LogP contribution in [0.1, 0.15) is 30.1 Å². The Labute approximate surface area is 104 Å². The highest BCUT2D eigenvalue weighted by molar-refractivity contribution is 9.10. The number of halogens is 1. The van der Waals surface area contributed by atoms with Gasteiger partial charge in [-0.15, -0.1) is 0 Å². The van der Waals surface area contributed by atoms with E-state index in [9.17, 15) is 4.79 Å². The SMILES string of the molecule is CC(CCCO)NC(=O)c1ccc(Br)cc1. The third-order valence-corrected chi connectivity index (χ3v) is 2.81. The van der Waals surface area contributed by atoms with Gasteiger partial charge in [-0.2, -0.15) is 0 Å². The molecule has 1 amide bonds. The Hall–Kier alpha value is -0.870. The zero-order chi connectivity index (χ0) is 12.0. The van der Waals surface area contributed by atoms with E-state index in [2.05, 4.69) is 21.2 Å². The number of benzene rings is 1. The molecule has 0 aliphatic rings. The van der Waals surface area contributed by atoms with Gasteiger partial charge in [0.25, 0.3) is 5.91 Å². The van der Waals surface area contributed by atoms with Crippen molar-refractivity contribution in [2.45, 2.75) is 25.8 Å². The van der Waals surface area contributed by atoms with Crippen LogP contribution in [0.2, 0.25) is 0 Å². The Morgan fingerprint density at radius 3 is 2.62 bits per heavy atom. The lowest BCUT2D eigenvalue weighted by atomic mass is 10.1. The van der Waals surface area contributed by atoms with E-state index in [1.165, 1.54) is 0 Å².